The number of halogens is 1. The summed E-state index contributed by atoms with van der Waals surface area (Å²) in [6.07, 6.45) is 0.751. The molecule has 0 radical (unpaired) electrons. The molecule has 1 fully saturated rings. The Labute approximate surface area is 139 Å². The largest absolute Gasteiger partial charge is 0.347 e. The summed E-state index contributed by atoms with van der Waals surface area (Å²) in [6.45, 7) is 4.49. The molecule has 1 aromatic heterocycles. The Morgan fingerprint density at radius 3 is 2.75 bits per heavy atom. The van der Waals surface area contributed by atoms with E-state index in [2.05, 4.69) is 45.2 Å². The fraction of sp³-hybridized carbons (Fsp3) is 0.438. The van der Waals surface area contributed by atoms with Crippen molar-refractivity contribution in [2.45, 2.75) is 38.9 Å². The number of hydrogen-bond donors (Lipinski definition) is 4. The van der Waals surface area contributed by atoms with Crippen molar-refractivity contribution in [3.8, 4) is 11.4 Å². The number of benzene rings is 1. The maximum atomic E-state index is 12.9. The average Bonchev–Trinajstić information content (AvgIpc) is 3.23. The van der Waals surface area contributed by atoms with Gasteiger partial charge in [-0.3, -0.25) is 15.3 Å². The minimum absolute atomic E-state index is 0.0783. The van der Waals surface area contributed by atoms with E-state index >= 15 is 0 Å². The zero-order valence-corrected chi connectivity index (χ0v) is 13.6. The molecule has 24 heavy (non-hydrogen) atoms. The molecule has 2 heterocycles. The molecule has 2 atom stereocenters. The Bertz CT molecular complexity index is 699. The van der Waals surface area contributed by atoms with Crippen LogP contribution >= 0.6 is 0 Å². The summed E-state index contributed by atoms with van der Waals surface area (Å²) in [5, 5.41) is 9.71. The molecule has 1 aliphatic heterocycles. The van der Waals surface area contributed by atoms with Crippen molar-refractivity contribution in [3.05, 3.63) is 35.9 Å². The molecule has 4 N–H and O–H groups in total. The number of carbonyl (C=O) groups excluding carboxylic acids is 1. The summed E-state index contributed by atoms with van der Waals surface area (Å²) in [5.41, 5.74) is 6.87. The van der Waals surface area contributed by atoms with E-state index in [0.717, 1.165) is 6.42 Å². The van der Waals surface area contributed by atoms with Crippen molar-refractivity contribution >= 4 is 5.91 Å². The predicted octanol–water partition coefficient (Wildman–Crippen LogP) is 1.12. The van der Waals surface area contributed by atoms with Crippen LogP contribution < -0.4 is 16.2 Å². The highest BCUT2D eigenvalue weighted by Crippen LogP contribution is 2.15. The van der Waals surface area contributed by atoms with Crippen molar-refractivity contribution in [1.29, 1.82) is 0 Å². The van der Waals surface area contributed by atoms with E-state index in [4.69, 9.17) is 0 Å². The quantitative estimate of drug-likeness (QED) is 0.658. The Morgan fingerprint density at radius 1 is 1.33 bits per heavy atom. The van der Waals surface area contributed by atoms with Gasteiger partial charge in [0.25, 0.3) is 0 Å². The van der Waals surface area contributed by atoms with E-state index in [9.17, 15) is 9.18 Å². The van der Waals surface area contributed by atoms with Gasteiger partial charge in [0, 0.05) is 11.6 Å². The molecule has 128 valence electrons. The average molecular weight is 332 g/mol. The maximum Gasteiger partial charge on any atom is 0.238 e. The molecule has 0 saturated carbocycles. The second-order valence-corrected chi connectivity index (χ2v) is 6.26. The predicted molar refractivity (Wildman–Crippen MR) is 86.9 cm³/mol. The van der Waals surface area contributed by atoms with E-state index in [1.807, 2.05) is 0 Å². The standard InChI is InChI=1S/C16H21FN6O/c1-9(2)12-7-13(21-20-12)16(24)18-8-14-19-15(23-22-14)10-3-5-11(17)6-4-10/h3-6,9,12-13,20-21H,7-8H2,1-2H3,(H,18,24)(H,19,22,23). The monoisotopic (exact) mass is 332 g/mol. The van der Waals surface area contributed by atoms with Crippen LogP contribution in [0.25, 0.3) is 11.4 Å². The number of aromatic amines is 1. The highest BCUT2D eigenvalue weighted by atomic mass is 19.1. The number of hydrazine groups is 1. The molecule has 1 amide bonds. The van der Waals surface area contributed by atoms with E-state index in [1.54, 1.807) is 12.1 Å². The topological polar surface area (TPSA) is 94.7 Å². The van der Waals surface area contributed by atoms with Crippen molar-refractivity contribution in [2.24, 2.45) is 5.92 Å². The second kappa shape index (κ2) is 7.06. The van der Waals surface area contributed by atoms with Crippen LogP contribution in [0, 0.1) is 11.7 Å². The first-order valence-corrected chi connectivity index (χ1v) is 7.99. The second-order valence-electron chi connectivity index (χ2n) is 6.26. The molecular weight excluding hydrogens is 311 g/mol. The Morgan fingerprint density at radius 2 is 2.08 bits per heavy atom. The number of hydrogen-bond acceptors (Lipinski definition) is 5. The number of nitrogens with zero attached hydrogens (tertiary/aromatic N) is 2. The van der Waals surface area contributed by atoms with Gasteiger partial charge in [0.2, 0.25) is 5.91 Å². The summed E-state index contributed by atoms with van der Waals surface area (Å²) in [6, 6.07) is 5.98. The third-order valence-electron chi connectivity index (χ3n) is 4.12. The summed E-state index contributed by atoms with van der Waals surface area (Å²) in [7, 11) is 0. The minimum atomic E-state index is -0.306. The smallest absolute Gasteiger partial charge is 0.238 e. The normalized spacial score (nSPS) is 20.5. The lowest BCUT2D eigenvalue weighted by molar-refractivity contribution is -0.123. The van der Waals surface area contributed by atoms with E-state index in [1.165, 1.54) is 12.1 Å². The lowest BCUT2D eigenvalue weighted by Gasteiger charge is -2.12. The van der Waals surface area contributed by atoms with Gasteiger partial charge in [-0.25, -0.2) is 14.8 Å². The fourth-order valence-electron chi connectivity index (χ4n) is 2.59. The van der Waals surface area contributed by atoms with E-state index in [-0.39, 0.29) is 30.4 Å². The van der Waals surface area contributed by atoms with Gasteiger partial charge in [0.05, 0.1) is 6.54 Å². The zero-order chi connectivity index (χ0) is 17.1. The Balaban J connectivity index is 1.54. The lowest BCUT2D eigenvalue weighted by atomic mass is 9.99. The molecule has 0 spiro atoms. The molecule has 3 rings (SSSR count). The molecule has 8 heteroatoms. The van der Waals surface area contributed by atoms with Crippen LogP contribution in [0.4, 0.5) is 4.39 Å². The van der Waals surface area contributed by atoms with Gasteiger partial charge in [-0.15, -0.1) is 0 Å². The van der Waals surface area contributed by atoms with Gasteiger partial charge in [-0.2, -0.15) is 5.10 Å². The third kappa shape index (κ3) is 3.77. The van der Waals surface area contributed by atoms with Gasteiger partial charge in [-0.1, -0.05) is 13.8 Å². The van der Waals surface area contributed by atoms with Crippen LogP contribution in [0.3, 0.4) is 0 Å². The van der Waals surface area contributed by atoms with Crippen LogP contribution in [0.5, 0.6) is 0 Å². The highest BCUT2D eigenvalue weighted by Gasteiger charge is 2.30. The van der Waals surface area contributed by atoms with Crippen molar-refractivity contribution in [1.82, 2.24) is 31.3 Å². The van der Waals surface area contributed by atoms with E-state index in [0.29, 0.717) is 23.1 Å². The van der Waals surface area contributed by atoms with Crippen molar-refractivity contribution in [3.63, 3.8) is 0 Å². The Kier molecular flexibility index (Phi) is 4.86. The zero-order valence-electron chi connectivity index (χ0n) is 13.6. The van der Waals surface area contributed by atoms with Gasteiger partial charge in [-0.05, 0) is 36.6 Å². The molecule has 0 bridgehead atoms. The highest BCUT2D eigenvalue weighted by molar-refractivity contribution is 5.81. The lowest BCUT2D eigenvalue weighted by Crippen LogP contribution is -2.43. The van der Waals surface area contributed by atoms with Crippen LogP contribution in [-0.2, 0) is 11.3 Å². The minimum Gasteiger partial charge on any atom is -0.347 e. The molecule has 0 aliphatic carbocycles. The van der Waals surface area contributed by atoms with Gasteiger partial charge >= 0.3 is 0 Å². The number of nitrogens with one attached hydrogen (secondary N) is 4. The first kappa shape index (κ1) is 16.5. The number of carbonyl (C=O) groups is 1. The number of rotatable bonds is 5. The third-order valence-corrected chi connectivity index (χ3v) is 4.12. The first-order valence-electron chi connectivity index (χ1n) is 7.99. The van der Waals surface area contributed by atoms with Crippen LogP contribution in [0.1, 0.15) is 26.1 Å². The summed E-state index contributed by atoms with van der Waals surface area (Å²) in [4.78, 5) is 16.5. The van der Waals surface area contributed by atoms with Crippen LogP contribution in [0.15, 0.2) is 24.3 Å². The summed E-state index contributed by atoms with van der Waals surface area (Å²) in [5.74, 6) is 1.10. The Hall–Kier alpha value is -2.32. The number of H-pyrrole nitrogens is 1. The molecule has 2 aromatic rings. The molecule has 2 unspecified atom stereocenters. The van der Waals surface area contributed by atoms with Gasteiger partial charge in [0.15, 0.2) is 5.82 Å². The summed E-state index contributed by atoms with van der Waals surface area (Å²) >= 11 is 0. The van der Waals surface area contributed by atoms with Crippen molar-refractivity contribution in [2.75, 3.05) is 0 Å². The first-order chi connectivity index (χ1) is 11.5. The van der Waals surface area contributed by atoms with Gasteiger partial charge < -0.3 is 5.32 Å². The van der Waals surface area contributed by atoms with Gasteiger partial charge in [0.1, 0.15) is 17.7 Å². The SMILES string of the molecule is CC(C)C1CC(C(=O)NCc2nc(-c3ccc(F)cc3)n[nH]2)NN1. The molecule has 1 aromatic carbocycles. The molecule has 7 nitrogen and oxygen atoms in total. The number of amides is 1. The fourth-order valence-corrected chi connectivity index (χ4v) is 2.59. The molecule has 1 saturated heterocycles. The summed E-state index contributed by atoms with van der Waals surface area (Å²) < 4.78 is 12.9. The maximum absolute atomic E-state index is 12.9. The molecular formula is C16H21FN6O. The van der Waals surface area contributed by atoms with E-state index < -0.39 is 0 Å². The van der Waals surface area contributed by atoms with Crippen LogP contribution in [-0.4, -0.2) is 33.2 Å². The van der Waals surface area contributed by atoms with Crippen LogP contribution in [0.2, 0.25) is 0 Å². The van der Waals surface area contributed by atoms with Crippen molar-refractivity contribution < 1.29 is 9.18 Å². The molecule has 1 aliphatic rings. The number of aromatic nitrogens is 3.